The maximum absolute atomic E-state index is 12.7. The van der Waals surface area contributed by atoms with Gasteiger partial charge in [0, 0.05) is 25.6 Å². The molecule has 1 saturated heterocycles. The van der Waals surface area contributed by atoms with Gasteiger partial charge in [0.15, 0.2) is 0 Å². The van der Waals surface area contributed by atoms with Crippen molar-refractivity contribution in [1.82, 2.24) is 9.62 Å². The van der Waals surface area contributed by atoms with Gasteiger partial charge in [-0.15, -0.1) is 0 Å². The standard InChI is InChI=1S/C17H26N2O3S/c1-4-18-17(20)15-9-11-19(12-10-15)23(21,22)16-7-5-14(6-8-16)13(2)3/h5-8,13,15H,4,9-12H2,1-3H3,(H,18,20). The summed E-state index contributed by atoms with van der Waals surface area (Å²) in [5.74, 6) is 0.329. The third kappa shape index (κ3) is 4.12. The first-order valence-corrected chi connectivity index (χ1v) is 9.68. The fourth-order valence-corrected chi connectivity index (χ4v) is 4.32. The van der Waals surface area contributed by atoms with Crippen LogP contribution in [-0.2, 0) is 14.8 Å². The van der Waals surface area contributed by atoms with Crippen LogP contribution < -0.4 is 5.32 Å². The van der Waals surface area contributed by atoms with Gasteiger partial charge in [-0.3, -0.25) is 4.79 Å². The van der Waals surface area contributed by atoms with Gasteiger partial charge in [0.05, 0.1) is 4.90 Å². The lowest BCUT2D eigenvalue weighted by Crippen LogP contribution is -2.42. The van der Waals surface area contributed by atoms with Crippen molar-refractivity contribution in [3.05, 3.63) is 29.8 Å². The lowest BCUT2D eigenvalue weighted by molar-refractivity contribution is -0.126. The second kappa shape index (κ2) is 7.45. The molecule has 1 amide bonds. The van der Waals surface area contributed by atoms with Gasteiger partial charge in [-0.2, -0.15) is 4.31 Å². The Hall–Kier alpha value is -1.40. The highest BCUT2D eigenvalue weighted by atomic mass is 32.2. The minimum absolute atomic E-state index is 0.0332. The summed E-state index contributed by atoms with van der Waals surface area (Å²) in [6.07, 6.45) is 1.16. The molecule has 0 radical (unpaired) electrons. The first kappa shape index (κ1) is 17.9. The highest BCUT2D eigenvalue weighted by molar-refractivity contribution is 7.89. The van der Waals surface area contributed by atoms with E-state index >= 15 is 0 Å². The van der Waals surface area contributed by atoms with Crippen LogP contribution in [0.3, 0.4) is 0 Å². The smallest absolute Gasteiger partial charge is 0.243 e. The molecule has 23 heavy (non-hydrogen) atoms. The topological polar surface area (TPSA) is 66.5 Å². The average Bonchev–Trinajstić information content (AvgIpc) is 2.55. The van der Waals surface area contributed by atoms with Crippen molar-refractivity contribution in [2.24, 2.45) is 5.92 Å². The Morgan fingerprint density at radius 2 is 1.78 bits per heavy atom. The van der Waals surface area contributed by atoms with Crippen molar-refractivity contribution < 1.29 is 13.2 Å². The molecule has 1 fully saturated rings. The first-order valence-electron chi connectivity index (χ1n) is 8.24. The predicted octanol–water partition coefficient (Wildman–Crippen LogP) is 2.35. The molecule has 1 N–H and O–H groups in total. The van der Waals surface area contributed by atoms with Gasteiger partial charge in [0.1, 0.15) is 0 Å². The van der Waals surface area contributed by atoms with E-state index in [9.17, 15) is 13.2 Å². The number of benzene rings is 1. The molecule has 0 atom stereocenters. The minimum atomic E-state index is -3.46. The maximum Gasteiger partial charge on any atom is 0.243 e. The van der Waals surface area contributed by atoms with Gasteiger partial charge in [0.25, 0.3) is 0 Å². The Morgan fingerprint density at radius 1 is 1.22 bits per heavy atom. The lowest BCUT2D eigenvalue weighted by atomic mass is 9.97. The minimum Gasteiger partial charge on any atom is -0.356 e. The Morgan fingerprint density at radius 3 is 2.26 bits per heavy atom. The zero-order valence-electron chi connectivity index (χ0n) is 14.1. The first-order chi connectivity index (χ1) is 10.9. The van der Waals surface area contributed by atoms with Gasteiger partial charge in [-0.05, 0) is 43.4 Å². The van der Waals surface area contributed by atoms with Crippen LogP contribution >= 0.6 is 0 Å². The molecule has 0 unspecified atom stereocenters. The van der Waals surface area contributed by atoms with Gasteiger partial charge in [-0.25, -0.2) is 8.42 Å². The number of piperidine rings is 1. The second-order valence-corrected chi connectivity index (χ2v) is 8.23. The van der Waals surface area contributed by atoms with Crippen LogP contribution in [0.2, 0.25) is 0 Å². The maximum atomic E-state index is 12.7. The van der Waals surface area contributed by atoms with Crippen LogP contribution in [0, 0.1) is 5.92 Å². The van der Waals surface area contributed by atoms with Crippen molar-refractivity contribution in [2.45, 2.75) is 44.4 Å². The molecule has 0 spiro atoms. The van der Waals surface area contributed by atoms with Crippen LogP contribution in [0.15, 0.2) is 29.2 Å². The van der Waals surface area contributed by atoms with Gasteiger partial charge >= 0.3 is 0 Å². The van der Waals surface area contributed by atoms with Crippen LogP contribution in [0.5, 0.6) is 0 Å². The van der Waals surface area contributed by atoms with Crippen molar-refractivity contribution >= 4 is 15.9 Å². The highest BCUT2D eigenvalue weighted by Gasteiger charge is 2.31. The van der Waals surface area contributed by atoms with E-state index in [2.05, 4.69) is 19.2 Å². The second-order valence-electron chi connectivity index (χ2n) is 6.30. The van der Waals surface area contributed by atoms with E-state index in [-0.39, 0.29) is 11.8 Å². The molecule has 5 nitrogen and oxygen atoms in total. The van der Waals surface area contributed by atoms with E-state index in [0.717, 1.165) is 5.56 Å². The Kier molecular flexibility index (Phi) is 5.81. The lowest BCUT2D eigenvalue weighted by Gasteiger charge is -2.30. The summed E-state index contributed by atoms with van der Waals surface area (Å²) in [6, 6.07) is 7.11. The number of nitrogens with one attached hydrogen (secondary N) is 1. The summed E-state index contributed by atoms with van der Waals surface area (Å²) in [5.41, 5.74) is 1.12. The van der Waals surface area contributed by atoms with Crippen LogP contribution in [-0.4, -0.2) is 38.3 Å². The predicted molar refractivity (Wildman–Crippen MR) is 90.7 cm³/mol. The number of carbonyl (C=O) groups excluding carboxylic acids is 1. The number of hydrogen-bond donors (Lipinski definition) is 1. The number of nitrogens with zero attached hydrogens (tertiary/aromatic N) is 1. The fraction of sp³-hybridized carbons (Fsp3) is 0.588. The van der Waals surface area contributed by atoms with E-state index in [1.807, 2.05) is 19.1 Å². The van der Waals surface area contributed by atoms with E-state index < -0.39 is 10.0 Å². The molecule has 0 aliphatic carbocycles. The number of sulfonamides is 1. The molecule has 1 aliphatic heterocycles. The zero-order chi connectivity index (χ0) is 17.0. The van der Waals surface area contributed by atoms with E-state index in [1.165, 1.54) is 4.31 Å². The molecule has 1 aliphatic rings. The Bertz CT molecular complexity index is 630. The quantitative estimate of drug-likeness (QED) is 0.896. The van der Waals surface area contributed by atoms with Crippen molar-refractivity contribution in [1.29, 1.82) is 0 Å². The van der Waals surface area contributed by atoms with Crippen molar-refractivity contribution in [3.8, 4) is 0 Å². The monoisotopic (exact) mass is 338 g/mol. The summed E-state index contributed by atoms with van der Waals surface area (Å²) in [6.45, 7) is 7.45. The normalized spacial score (nSPS) is 17.4. The third-order valence-electron chi connectivity index (χ3n) is 4.36. The SMILES string of the molecule is CCNC(=O)C1CCN(S(=O)(=O)c2ccc(C(C)C)cc2)CC1. The molecule has 1 aromatic carbocycles. The van der Waals surface area contributed by atoms with Gasteiger partial charge in [-0.1, -0.05) is 26.0 Å². The summed E-state index contributed by atoms with van der Waals surface area (Å²) < 4.78 is 26.9. The number of hydrogen-bond acceptors (Lipinski definition) is 3. The molecule has 0 saturated carbocycles. The summed E-state index contributed by atoms with van der Waals surface area (Å²) >= 11 is 0. The van der Waals surface area contributed by atoms with E-state index in [0.29, 0.717) is 43.3 Å². The zero-order valence-corrected chi connectivity index (χ0v) is 14.9. The third-order valence-corrected chi connectivity index (χ3v) is 6.27. The van der Waals surface area contributed by atoms with Gasteiger partial charge < -0.3 is 5.32 Å². The molecule has 128 valence electrons. The largest absolute Gasteiger partial charge is 0.356 e. The van der Waals surface area contributed by atoms with Crippen molar-refractivity contribution in [3.63, 3.8) is 0 Å². The molecule has 1 heterocycles. The van der Waals surface area contributed by atoms with E-state index in [4.69, 9.17) is 0 Å². The summed E-state index contributed by atoms with van der Waals surface area (Å²) in [5, 5.41) is 2.81. The van der Waals surface area contributed by atoms with Crippen LogP contribution in [0.25, 0.3) is 0 Å². The average molecular weight is 338 g/mol. The number of amides is 1. The highest BCUT2D eigenvalue weighted by Crippen LogP contribution is 2.25. The molecule has 2 rings (SSSR count). The summed E-state index contributed by atoms with van der Waals surface area (Å²) in [4.78, 5) is 12.2. The Labute approximate surface area is 139 Å². The molecule has 6 heteroatoms. The molecule has 0 bridgehead atoms. The van der Waals surface area contributed by atoms with Gasteiger partial charge in [0.2, 0.25) is 15.9 Å². The Balaban J connectivity index is 2.05. The van der Waals surface area contributed by atoms with Crippen molar-refractivity contribution in [2.75, 3.05) is 19.6 Å². The number of rotatable bonds is 5. The van der Waals surface area contributed by atoms with E-state index in [1.54, 1.807) is 12.1 Å². The molecule has 1 aromatic rings. The fourth-order valence-electron chi connectivity index (χ4n) is 2.85. The molecular formula is C17H26N2O3S. The summed E-state index contributed by atoms with van der Waals surface area (Å²) in [7, 11) is -3.46. The molecule has 0 aromatic heterocycles. The molecular weight excluding hydrogens is 312 g/mol. The number of carbonyl (C=O) groups is 1. The van der Waals surface area contributed by atoms with Crippen LogP contribution in [0.4, 0.5) is 0 Å². The van der Waals surface area contributed by atoms with Crippen LogP contribution in [0.1, 0.15) is 45.1 Å².